The van der Waals surface area contributed by atoms with Crippen LogP contribution in [-0.2, 0) is 0 Å². The van der Waals surface area contributed by atoms with E-state index in [2.05, 4.69) is 60.7 Å². The molecule has 0 N–H and O–H groups in total. The maximum absolute atomic E-state index is 3.54. The van der Waals surface area contributed by atoms with Gasteiger partial charge in [0, 0.05) is 23.2 Å². The Hall–Kier alpha value is -0.500. The molecule has 15 heavy (non-hydrogen) atoms. The van der Waals surface area contributed by atoms with E-state index in [1.807, 2.05) is 0 Å². The molecule has 1 heterocycles. The van der Waals surface area contributed by atoms with E-state index >= 15 is 0 Å². The van der Waals surface area contributed by atoms with Gasteiger partial charge in [-0.1, -0.05) is 29.8 Å². The highest BCUT2D eigenvalue weighted by Crippen LogP contribution is 2.38. The van der Waals surface area contributed by atoms with Gasteiger partial charge in [0.25, 0.3) is 0 Å². The van der Waals surface area contributed by atoms with Crippen molar-refractivity contribution in [2.45, 2.75) is 27.7 Å². The maximum atomic E-state index is 3.54. The summed E-state index contributed by atoms with van der Waals surface area (Å²) in [5.74, 6) is 0. The average Bonchev–Trinajstić information content (AvgIpc) is 1.98. The van der Waals surface area contributed by atoms with Gasteiger partial charge in [-0.05, 0) is 42.5 Å². The fourth-order valence-electron chi connectivity index (χ4n) is 2.55. The number of hydrogen-bond acceptors (Lipinski definition) is 1. The Morgan fingerprint density at radius 3 is 2.00 bits per heavy atom. The van der Waals surface area contributed by atoms with Crippen molar-refractivity contribution in [2.24, 2.45) is 5.41 Å². The molecule has 1 aliphatic rings. The van der Waals surface area contributed by atoms with Crippen LogP contribution in [0.5, 0.6) is 0 Å². The summed E-state index contributed by atoms with van der Waals surface area (Å²) in [5.41, 5.74) is 4.67. The van der Waals surface area contributed by atoms with Crippen LogP contribution in [0.2, 0.25) is 0 Å². The van der Waals surface area contributed by atoms with Crippen LogP contribution in [0.4, 0.5) is 5.69 Å². The number of benzene rings is 1. The van der Waals surface area contributed by atoms with E-state index in [1.54, 1.807) is 0 Å². The molecule has 1 nitrogen and oxygen atoms in total. The highest BCUT2D eigenvalue weighted by molar-refractivity contribution is 9.10. The first-order valence-electron chi connectivity index (χ1n) is 5.41. The molecule has 1 saturated heterocycles. The lowest BCUT2D eigenvalue weighted by Gasteiger charge is -2.48. The molecule has 0 aromatic heterocycles. The Morgan fingerprint density at radius 1 is 1.13 bits per heavy atom. The maximum Gasteiger partial charge on any atom is 0.0426 e. The van der Waals surface area contributed by atoms with Crippen molar-refractivity contribution in [3.05, 3.63) is 27.7 Å². The average molecular weight is 268 g/mol. The van der Waals surface area contributed by atoms with Crippen LogP contribution >= 0.6 is 15.9 Å². The van der Waals surface area contributed by atoms with Crippen molar-refractivity contribution in [1.29, 1.82) is 0 Å². The second-order valence-corrected chi connectivity index (χ2v) is 6.32. The topological polar surface area (TPSA) is 3.24 Å². The quantitative estimate of drug-likeness (QED) is 0.746. The molecule has 0 bridgehead atoms. The minimum Gasteiger partial charge on any atom is -0.370 e. The van der Waals surface area contributed by atoms with Crippen molar-refractivity contribution < 1.29 is 0 Å². The van der Waals surface area contributed by atoms with E-state index in [9.17, 15) is 0 Å². The van der Waals surface area contributed by atoms with E-state index in [0.717, 1.165) is 0 Å². The lowest BCUT2D eigenvalue weighted by molar-refractivity contribution is 0.276. The molecule has 1 aliphatic heterocycles. The van der Waals surface area contributed by atoms with Gasteiger partial charge in [-0.2, -0.15) is 0 Å². The second kappa shape index (κ2) is 3.51. The standard InChI is InChI=1S/C13H18BrN/c1-9-5-11(14)6-10(2)12(9)15-7-13(3,4)8-15/h5-6H,7-8H2,1-4H3. The summed E-state index contributed by atoms with van der Waals surface area (Å²) in [6.07, 6.45) is 0. The molecule has 82 valence electrons. The minimum atomic E-state index is 0.492. The van der Waals surface area contributed by atoms with Gasteiger partial charge in [0.15, 0.2) is 0 Å². The van der Waals surface area contributed by atoms with Crippen LogP contribution in [0.1, 0.15) is 25.0 Å². The van der Waals surface area contributed by atoms with Gasteiger partial charge >= 0.3 is 0 Å². The molecule has 0 amide bonds. The van der Waals surface area contributed by atoms with Crippen LogP contribution < -0.4 is 4.90 Å². The zero-order valence-electron chi connectivity index (χ0n) is 9.89. The molecule has 0 spiro atoms. The summed E-state index contributed by atoms with van der Waals surface area (Å²) in [7, 11) is 0. The number of nitrogens with zero attached hydrogens (tertiary/aromatic N) is 1. The van der Waals surface area contributed by atoms with Gasteiger partial charge < -0.3 is 4.90 Å². The van der Waals surface area contributed by atoms with Gasteiger partial charge in [-0.3, -0.25) is 0 Å². The van der Waals surface area contributed by atoms with Crippen molar-refractivity contribution in [3.63, 3.8) is 0 Å². The summed E-state index contributed by atoms with van der Waals surface area (Å²) in [6, 6.07) is 4.40. The van der Waals surface area contributed by atoms with E-state index in [-0.39, 0.29) is 0 Å². The zero-order valence-corrected chi connectivity index (χ0v) is 11.5. The largest absolute Gasteiger partial charge is 0.370 e. The normalized spacial score (nSPS) is 18.9. The van der Waals surface area contributed by atoms with Crippen molar-refractivity contribution >= 4 is 21.6 Å². The zero-order chi connectivity index (χ0) is 11.2. The second-order valence-electron chi connectivity index (χ2n) is 5.41. The summed E-state index contributed by atoms with van der Waals surface area (Å²) in [4.78, 5) is 2.48. The molecule has 1 aromatic carbocycles. The predicted octanol–water partition coefficient (Wildman–Crippen LogP) is 3.91. The minimum absolute atomic E-state index is 0.492. The summed E-state index contributed by atoms with van der Waals surface area (Å²) in [5, 5.41) is 0. The molecule has 0 aliphatic carbocycles. The van der Waals surface area contributed by atoms with Crippen molar-refractivity contribution in [1.82, 2.24) is 0 Å². The van der Waals surface area contributed by atoms with Crippen LogP contribution in [0, 0.1) is 19.3 Å². The van der Waals surface area contributed by atoms with Gasteiger partial charge in [0.1, 0.15) is 0 Å². The first-order chi connectivity index (χ1) is 6.89. The lowest BCUT2D eigenvalue weighted by atomic mass is 9.83. The van der Waals surface area contributed by atoms with Crippen LogP contribution in [0.25, 0.3) is 0 Å². The Morgan fingerprint density at radius 2 is 1.60 bits per heavy atom. The van der Waals surface area contributed by atoms with Gasteiger partial charge in [-0.25, -0.2) is 0 Å². The van der Waals surface area contributed by atoms with Gasteiger partial charge in [0.2, 0.25) is 0 Å². The molecule has 0 radical (unpaired) electrons. The molecular weight excluding hydrogens is 250 g/mol. The monoisotopic (exact) mass is 267 g/mol. The van der Waals surface area contributed by atoms with Crippen LogP contribution in [0.3, 0.4) is 0 Å². The Labute approximate surface area is 101 Å². The smallest absolute Gasteiger partial charge is 0.0426 e. The molecule has 2 rings (SSSR count). The Kier molecular flexibility index (Phi) is 2.58. The van der Waals surface area contributed by atoms with Crippen molar-refractivity contribution in [2.75, 3.05) is 18.0 Å². The lowest BCUT2D eigenvalue weighted by Crippen LogP contribution is -2.53. The van der Waals surface area contributed by atoms with Crippen LogP contribution in [0.15, 0.2) is 16.6 Å². The molecular formula is C13H18BrN. The Bertz CT molecular complexity index is 365. The van der Waals surface area contributed by atoms with E-state index in [1.165, 1.54) is 34.4 Å². The molecule has 2 heteroatoms. The summed E-state index contributed by atoms with van der Waals surface area (Å²) in [6.45, 7) is 11.4. The Balaban J connectivity index is 2.30. The highest BCUT2D eigenvalue weighted by atomic mass is 79.9. The molecule has 0 saturated carbocycles. The SMILES string of the molecule is Cc1cc(Br)cc(C)c1N1CC(C)(C)C1. The summed E-state index contributed by atoms with van der Waals surface area (Å²) >= 11 is 3.54. The molecule has 0 unspecified atom stereocenters. The van der Waals surface area contributed by atoms with Gasteiger partial charge in [-0.15, -0.1) is 0 Å². The molecule has 0 atom stereocenters. The summed E-state index contributed by atoms with van der Waals surface area (Å²) < 4.78 is 1.18. The van der Waals surface area contributed by atoms with E-state index in [0.29, 0.717) is 5.41 Å². The fourth-order valence-corrected chi connectivity index (χ4v) is 3.23. The van der Waals surface area contributed by atoms with E-state index in [4.69, 9.17) is 0 Å². The number of anilines is 1. The van der Waals surface area contributed by atoms with E-state index < -0.39 is 0 Å². The van der Waals surface area contributed by atoms with Gasteiger partial charge in [0.05, 0.1) is 0 Å². The number of halogens is 1. The highest BCUT2D eigenvalue weighted by Gasteiger charge is 2.35. The van der Waals surface area contributed by atoms with Crippen LogP contribution in [-0.4, -0.2) is 13.1 Å². The first kappa shape index (κ1) is 11.0. The number of hydrogen-bond donors (Lipinski definition) is 0. The number of rotatable bonds is 1. The third-order valence-electron chi connectivity index (χ3n) is 3.01. The molecule has 1 aromatic rings. The predicted molar refractivity (Wildman–Crippen MR) is 69.6 cm³/mol. The van der Waals surface area contributed by atoms with Crippen molar-refractivity contribution in [3.8, 4) is 0 Å². The third kappa shape index (κ3) is 2.05. The fraction of sp³-hybridized carbons (Fsp3) is 0.538. The third-order valence-corrected chi connectivity index (χ3v) is 3.47. The number of aryl methyl sites for hydroxylation is 2. The first-order valence-corrected chi connectivity index (χ1v) is 6.20. The molecule has 1 fully saturated rings.